The molecule has 0 spiro atoms. The van der Waals surface area contributed by atoms with Gasteiger partial charge in [-0.2, -0.15) is 0 Å². The highest BCUT2D eigenvalue weighted by Gasteiger charge is 2.10. The number of hydrogen-bond donors (Lipinski definition) is 1. The maximum absolute atomic E-state index is 10.4. The minimum atomic E-state index is -0.604. The van der Waals surface area contributed by atoms with Crippen LogP contribution in [0.15, 0.2) is 0 Å². The summed E-state index contributed by atoms with van der Waals surface area (Å²) in [7, 11) is 0. The molecule has 1 atom stereocenters. The molecule has 0 aromatic carbocycles. The predicted molar refractivity (Wildman–Crippen MR) is 40.8 cm³/mol. The summed E-state index contributed by atoms with van der Waals surface area (Å²) < 4.78 is 9.87. The Hall–Kier alpha value is -0.610. The van der Waals surface area contributed by atoms with E-state index in [2.05, 4.69) is 0 Å². The second-order valence-corrected chi connectivity index (χ2v) is 2.46. The number of hydrogen-bond acceptors (Lipinski definition) is 4. The number of carbonyl (C=O) groups is 1. The molecule has 0 rings (SSSR count). The molecule has 0 saturated heterocycles. The van der Waals surface area contributed by atoms with E-state index in [9.17, 15) is 4.79 Å². The molecule has 0 aliphatic rings. The van der Waals surface area contributed by atoms with Crippen LogP contribution >= 0.6 is 0 Å². The highest BCUT2D eigenvalue weighted by atomic mass is 16.7. The quantitative estimate of drug-likeness (QED) is 0.474. The smallest absolute Gasteiger partial charge is 0.304 e. The molecule has 0 saturated carbocycles. The van der Waals surface area contributed by atoms with Gasteiger partial charge in [-0.05, 0) is 13.8 Å². The van der Waals surface area contributed by atoms with Crippen molar-refractivity contribution in [2.24, 2.45) is 5.73 Å². The molecule has 0 aliphatic heterocycles. The van der Waals surface area contributed by atoms with Crippen LogP contribution in [-0.2, 0) is 14.3 Å². The third-order valence-corrected chi connectivity index (χ3v) is 0.914. The van der Waals surface area contributed by atoms with Crippen molar-refractivity contribution in [3.8, 4) is 0 Å². The van der Waals surface area contributed by atoms with Crippen molar-refractivity contribution in [1.82, 2.24) is 0 Å². The molecular formula is C7H15NO3. The van der Waals surface area contributed by atoms with E-state index < -0.39 is 6.29 Å². The molecule has 0 aliphatic carbocycles. The predicted octanol–water partition coefficient (Wildman–Crippen LogP) is 0.259. The van der Waals surface area contributed by atoms with Crippen LogP contribution in [0.2, 0.25) is 0 Å². The van der Waals surface area contributed by atoms with E-state index in [-0.39, 0.29) is 18.6 Å². The second kappa shape index (κ2) is 5.09. The van der Waals surface area contributed by atoms with Gasteiger partial charge in [-0.1, -0.05) is 0 Å². The average molecular weight is 161 g/mol. The van der Waals surface area contributed by atoms with Gasteiger partial charge >= 0.3 is 5.97 Å². The van der Waals surface area contributed by atoms with Crippen molar-refractivity contribution in [2.75, 3.05) is 6.54 Å². The Morgan fingerprint density at radius 2 is 2.09 bits per heavy atom. The fraction of sp³-hybridized carbons (Fsp3) is 0.857. The van der Waals surface area contributed by atoms with E-state index in [1.54, 1.807) is 0 Å². The monoisotopic (exact) mass is 161 g/mol. The summed E-state index contributed by atoms with van der Waals surface area (Å²) in [6.45, 7) is 5.22. The summed E-state index contributed by atoms with van der Waals surface area (Å²) in [4.78, 5) is 10.4. The van der Waals surface area contributed by atoms with Gasteiger partial charge in [0.15, 0.2) is 0 Å². The van der Waals surface area contributed by atoms with E-state index >= 15 is 0 Å². The van der Waals surface area contributed by atoms with Crippen LogP contribution in [0.25, 0.3) is 0 Å². The Bertz CT molecular complexity index is 125. The SMILES string of the molecule is CC(=O)O[C@@H](CN)OC(C)C. The molecule has 4 nitrogen and oxygen atoms in total. The van der Waals surface area contributed by atoms with E-state index in [1.807, 2.05) is 13.8 Å². The first-order chi connectivity index (χ1) is 5.06. The van der Waals surface area contributed by atoms with Gasteiger partial charge < -0.3 is 15.2 Å². The molecule has 0 aromatic rings. The van der Waals surface area contributed by atoms with Crippen molar-refractivity contribution in [2.45, 2.75) is 33.2 Å². The standard InChI is InChI=1S/C7H15NO3/c1-5(2)10-7(4-8)11-6(3)9/h5,7H,4,8H2,1-3H3/t7-/m0/s1. The van der Waals surface area contributed by atoms with Crippen molar-refractivity contribution >= 4 is 5.97 Å². The lowest BCUT2D eigenvalue weighted by atomic mass is 10.5. The molecule has 0 amide bonds. The third kappa shape index (κ3) is 5.82. The lowest BCUT2D eigenvalue weighted by molar-refractivity contribution is -0.181. The van der Waals surface area contributed by atoms with Crippen molar-refractivity contribution in [1.29, 1.82) is 0 Å². The second-order valence-electron chi connectivity index (χ2n) is 2.46. The number of ether oxygens (including phenoxy) is 2. The minimum Gasteiger partial charge on any atom is -0.435 e. The Morgan fingerprint density at radius 3 is 2.36 bits per heavy atom. The van der Waals surface area contributed by atoms with Gasteiger partial charge in [0.25, 0.3) is 0 Å². The van der Waals surface area contributed by atoms with E-state index in [1.165, 1.54) is 6.92 Å². The zero-order valence-corrected chi connectivity index (χ0v) is 7.16. The highest BCUT2D eigenvalue weighted by molar-refractivity contribution is 5.66. The Kier molecular flexibility index (Phi) is 4.81. The lowest BCUT2D eigenvalue weighted by Gasteiger charge is -2.17. The molecule has 0 bridgehead atoms. The number of carbonyl (C=O) groups excluding carboxylic acids is 1. The summed E-state index contributed by atoms with van der Waals surface area (Å²) in [5.41, 5.74) is 5.27. The minimum absolute atomic E-state index is 0.0166. The molecule has 4 heteroatoms. The topological polar surface area (TPSA) is 61.5 Å². The van der Waals surface area contributed by atoms with Crippen molar-refractivity contribution < 1.29 is 14.3 Å². The molecule has 66 valence electrons. The number of nitrogens with two attached hydrogens (primary N) is 1. The molecule has 0 heterocycles. The van der Waals surface area contributed by atoms with Gasteiger partial charge in [-0.15, -0.1) is 0 Å². The molecule has 0 unspecified atom stereocenters. The van der Waals surface area contributed by atoms with Gasteiger partial charge in [0.2, 0.25) is 6.29 Å². The number of esters is 1. The van der Waals surface area contributed by atoms with E-state index in [4.69, 9.17) is 15.2 Å². The van der Waals surface area contributed by atoms with E-state index in [0.717, 1.165) is 0 Å². The summed E-state index contributed by atoms with van der Waals surface area (Å²) in [6, 6.07) is 0. The number of rotatable bonds is 4. The zero-order valence-electron chi connectivity index (χ0n) is 7.16. The lowest BCUT2D eigenvalue weighted by Crippen LogP contribution is -2.30. The molecular weight excluding hydrogens is 146 g/mol. The van der Waals surface area contributed by atoms with Crippen molar-refractivity contribution in [3.63, 3.8) is 0 Å². The van der Waals surface area contributed by atoms with Crippen LogP contribution in [0.1, 0.15) is 20.8 Å². The summed E-state index contributed by atoms with van der Waals surface area (Å²) >= 11 is 0. The van der Waals surface area contributed by atoms with Crippen LogP contribution in [0.4, 0.5) is 0 Å². The van der Waals surface area contributed by atoms with Crippen LogP contribution in [0.3, 0.4) is 0 Å². The van der Waals surface area contributed by atoms with Crippen molar-refractivity contribution in [3.05, 3.63) is 0 Å². The maximum Gasteiger partial charge on any atom is 0.304 e. The molecule has 0 fully saturated rings. The Labute approximate surface area is 66.7 Å². The third-order valence-electron chi connectivity index (χ3n) is 0.914. The Morgan fingerprint density at radius 1 is 1.55 bits per heavy atom. The van der Waals surface area contributed by atoms with Crippen LogP contribution in [0, 0.1) is 0 Å². The Balaban J connectivity index is 3.66. The van der Waals surface area contributed by atoms with Gasteiger partial charge in [0, 0.05) is 6.92 Å². The zero-order chi connectivity index (χ0) is 8.85. The maximum atomic E-state index is 10.4. The summed E-state index contributed by atoms with van der Waals surface area (Å²) in [5.74, 6) is -0.374. The van der Waals surface area contributed by atoms with Gasteiger partial charge in [-0.3, -0.25) is 4.79 Å². The van der Waals surface area contributed by atoms with E-state index in [0.29, 0.717) is 0 Å². The average Bonchev–Trinajstić information content (AvgIpc) is 1.84. The van der Waals surface area contributed by atoms with Crippen LogP contribution < -0.4 is 5.73 Å². The van der Waals surface area contributed by atoms with Gasteiger partial charge in [0.1, 0.15) is 0 Å². The molecule has 11 heavy (non-hydrogen) atoms. The fourth-order valence-corrected chi connectivity index (χ4v) is 0.620. The highest BCUT2D eigenvalue weighted by Crippen LogP contribution is 1.98. The molecule has 0 radical (unpaired) electrons. The molecule has 0 aromatic heterocycles. The first kappa shape index (κ1) is 10.4. The van der Waals surface area contributed by atoms with Crippen LogP contribution in [-0.4, -0.2) is 24.9 Å². The summed E-state index contributed by atoms with van der Waals surface area (Å²) in [5, 5.41) is 0. The molecule has 2 N–H and O–H groups in total. The van der Waals surface area contributed by atoms with Gasteiger partial charge in [-0.25, -0.2) is 0 Å². The largest absolute Gasteiger partial charge is 0.435 e. The van der Waals surface area contributed by atoms with Gasteiger partial charge in [0.05, 0.1) is 12.6 Å². The fourth-order valence-electron chi connectivity index (χ4n) is 0.620. The summed E-state index contributed by atoms with van der Waals surface area (Å²) in [6.07, 6.45) is -0.588. The first-order valence-corrected chi connectivity index (χ1v) is 3.59. The normalized spacial score (nSPS) is 13.2. The first-order valence-electron chi connectivity index (χ1n) is 3.59. The van der Waals surface area contributed by atoms with Crippen LogP contribution in [0.5, 0.6) is 0 Å².